The molecule has 6 heteroatoms. The Balaban J connectivity index is 2.86. The van der Waals surface area contributed by atoms with Gasteiger partial charge in [-0.15, -0.1) is 0 Å². The van der Waals surface area contributed by atoms with Gasteiger partial charge in [0.15, 0.2) is 0 Å². The van der Waals surface area contributed by atoms with Crippen LogP contribution in [0.2, 0.25) is 10.0 Å². The van der Waals surface area contributed by atoms with Crippen molar-refractivity contribution in [1.82, 2.24) is 5.32 Å². The summed E-state index contributed by atoms with van der Waals surface area (Å²) in [5, 5.41) is 2.62. The first-order valence-corrected chi connectivity index (χ1v) is 5.65. The highest BCUT2D eigenvalue weighted by atomic mass is 35.5. The lowest BCUT2D eigenvalue weighted by molar-refractivity contribution is 0.0905. The number of rotatable bonds is 4. The summed E-state index contributed by atoms with van der Waals surface area (Å²) in [6.07, 6.45) is 0. The molecule has 17 heavy (non-hydrogen) atoms. The predicted molar refractivity (Wildman–Crippen MR) is 65.2 cm³/mol. The van der Waals surface area contributed by atoms with Gasteiger partial charge in [-0.3, -0.25) is 4.79 Å². The minimum atomic E-state index is -0.680. The monoisotopic (exact) mass is 279 g/mol. The third-order valence-corrected chi connectivity index (χ3v) is 2.65. The zero-order valence-corrected chi connectivity index (χ0v) is 10.9. The molecule has 0 aliphatic rings. The van der Waals surface area contributed by atoms with Crippen molar-refractivity contribution < 1.29 is 13.9 Å². The first-order valence-electron chi connectivity index (χ1n) is 4.90. The maximum atomic E-state index is 13.2. The lowest BCUT2D eigenvalue weighted by Gasteiger charge is -2.13. The number of benzene rings is 1. The zero-order chi connectivity index (χ0) is 13.0. The van der Waals surface area contributed by atoms with E-state index in [1.54, 1.807) is 6.92 Å². The molecule has 0 spiro atoms. The van der Waals surface area contributed by atoms with Crippen LogP contribution >= 0.6 is 23.2 Å². The largest absolute Gasteiger partial charge is 0.383 e. The number of amides is 1. The fraction of sp³-hybridized carbons (Fsp3) is 0.364. The summed E-state index contributed by atoms with van der Waals surface area (Å²) < 4.78 is 18.1. The normalized spacial score (nSPS) is 12.3. The highest BCUT2D eigenvalue weighted by Gasteiger charge is 2.15. The minimum absolute atomic E-state index is 0.0523. The maximum Gasteiger partial charge on any atom is 0.253 e. The summed E-state index contributed by atoms with van der Waals surface area (Å²) in [4.78, 5) is 11.8. The second-order valence-electron chi connectivity index (χ2n) is 3.58. The van der Waals surface area contributed by atoms with Crippen LogP contribution in [0.1, 0.15) is 17.3 Å². The number of carbonyl (C=O) groups is 1. The Labute approximate surface area is 109 Å². The predicted octanol–water partition coefficient (Wildman–Crippen LogP) is 2.90. The molecule has 1 aromatic carbocycles. The van der Waals surface area contributed by atoms with E-state index in [9.17, 15) is 9.18 Å². The Bertz CT molecular complexity index is 426. The quantitative estimate of drug-likeness (QED) is 0.861. The summed E-state index contributed by atoms with van der Waals surface area (Å²) in [7, 11) is 1.53. The van der Waals surface area contributed by atoms with Crippen LogP contribution in [0, 0.1) is 5.82 Å². The van der Waals surface area contributed by atoms with Gasteiger partial charge in [-0.2, -0.15) is 0 Å². The molecule has 0 fully saturated rings. The molecule has 1 aromatic rings. The van der Waals surface area contributed by atoms with Crippen molar-refractivity contribution in [3.8, 4) is 0 Å². The van der Waals surface area contributed by atoms with Crippen molar-refractivity contribution in [2.24, 2.45) is 0 Å². The van der Waals surface area contributed by atoms with Gasteiger partial charge in [0.05, 0.1) is 22.2 Å². The summed E-state index contributed by atoms with van der Waals surface area (Å²) in [6.45, 7) is 2.13. The van der Waals surface area contributed by atoms with E-state index < -0.39 is 11.7 Å². The maximum absolute atomic E-state index is 13.2. The summed E-state index contributed by atoms with van der Waals surface area (Å²) >= 11 is 11.3. The van der Waals surface area contributed by atoms with E-state index in [2.05, 4.69) is 5.32 Å². The molecule has 1 rings (SSSR count). The van der Waals surface area contributed by atoms with E-state index in [0.717, 1.165) is 6.07 Å². The second-order valence-corrected chi connectivity index (χ2v) is 4.39. The topological polar surface area (TPSA) is 38.3 Å². The average Bonchev–Trinajstić information content (AvgIpc) is 2.23. The SMILES string of the molecule is COC[C@@H](C)NC(=O)c1cc(F)c(Cl)cc1Cl. The van der Waals surface area contributed by atoms with Gasteiger partial charge in [0.2, 0.25) is 0 Å². The number of methoxy groups -OCH3 is 1. The standard InChI is InChI=1S/C11H12Cl2FNO2/c1-6(5-17-2)15-11(16)7-3-10(14)9(13)4-8(7)12/h3-4,6H,5H2,1-2H3,(H,15,16)/t6-/m1/s1. The molecular formula is C11H12Cl2FNO2. The average molecular weight is 280 g/mol. The van der Waals surface area contributed by atoms with Crippen LogP contribution in [0.25, 0.3) is 0 Å². The van der Waals surface area contributed by atoms with Gasteiger partial charge in [0.1, 0.15) is 5.82 Å². The van der Waals surface area contributed by atoms with Crippen molar-refractivity contribution in [3.05, 3.63) is 33.6 Å². The lowest BCUT2D eigenvalue weighted by atomic mass is 10.2. The van der Waals surface area contributed by atoms with Crippen molar-refractivity contribution in [3.63, 3.8) is 0 Å². The fourth-order valence-corrected chi connectivity index (χ4v) is 1.76. The number of nitrogens with one attached hydrogen (secondary N) is 1. The molecule has 0 saturated heterocycles. The van der Waals surface area contributed by atoms with E-state index in [-0.39, 0.29) is 21.7 Å². The van der Waals surface area contributed by atoms with Crippen molar-refractivity contribution in [1.29, 1.82) is 0 Å². The number of carbonyl (C=O) groups excluding carboxylic acids is 1. The molecule has 0 aliphatic carbocycles. The number of ether oxygens (including phenoxy) is 1. The molecule has 0 aromatic heterocycles. The van der Waals surface area contributed by atoms with E-state index in [1.165, 1.54) is 13.2 Å². The highest BCUT2D eigenvalue weighted by molar-refractivity contribution is 6.36. The van der Waals surface area contributed by atoms with Crippen LogP contribution in [0.4, 0.5) is 4.39 Å². The summed E-state index contributed by atoms with van der Waals surface area (Å²) in [5.41, 5.74) is 0.0523. The van der Waals surface area contributed by atoms with Crippen LogP contribution in [0.5, 0.6) is 0 Å². The first kappa shape index (κ1) is 14.2. The molecular weight excluding hydrogens is 268 g/mol. The van der Waals surface area contributed by atoms with Crippen LogP contribution in [-0.4, -0.2) is 25.7 Å². The van der Waals surface area contributed by atoms with Crippen LogP contribution in [0.15, 0.2) is 12.1 Å². The molecule has 0 unspecified atom stereocenters. The molecule has 1 atom stereocenters. The number of hydrogen-bond donors (Lipinski definition) is 1. The first-order chi connectivity index (χ1) is 7.95. The van der Waals surface area contributed by atoms with Crippen LogP contribution in [-0.2, 0) is 4.74 Å². The van der Waals surface area contributed by atoms with Crippen LogP contribution < -0.4 is 5.32 Å². The Kier molecular flexibility index (Phi) is 5.18. The second kappa shape index (κ2) is 6.19. The molecule has 0 aliphatic heterocycles. The molecule has 94 valence electrons. The third kappa shape index (κ3) is 3.84. The van der Waals surface area contributed by atoms with Crippen molar-refractivity contribution >= 4 is 29.1 Å². The van der Waals surface area contributed by atoms with E-state index in [0.29, 0.717) is 6.61 Å². The van der Waals surface area contributed by atoms with E-state index in [1.807, 2.05) is 0 Å². The molecule has 0 heterocycles. The molecule has 1 amide bonds. The summed E-state index contributed by atoms with van der Waals surface area (Å²) in [5.74, 6) is -1.14. The van der Waals surface area contributed by atoms with Gasteiger partial charge in [-0.25, -0.2) is 4.39 Å². The van der Waals surface area contributed by atoms with E-state index in [4.69, 9.17) is 27.9 Å². The third-order valence-electron chi connectivity index (χ3n) is 2.05. The van der Waals surface area contributed by atoms with Gasteiger partial charge in [0, 0.05) is 13.2 Å². The number of hydrogen-bond acceptors (Lipinski definition) is 2. The summed E-state index contributed by atoms with van der Waals surface area (Å²) in [6, 6.07) is 2.02. The van der Waals surface area contributed by atoms with Gasteiger partial charge >= 0.3 is 0 Å². The highest BCUT2D eigenvalue weighted by Crippen LogP contribution is 2.24. The molecule has 1 N–H and O–H groups in total. The van der Waals surface area contributed by atoms with Crippen LogP contribution in [0.3, 0.4) is 0 Å². The fourth-order valence-electron chi connectivity index (χ4n) is 1.29. The smallest absolute Gasteiger partial charge is 0.253 e. The minimum Gasteiger partial charge on any atom is -0.383 e. The zero-order valence-electron chi connectivity index (χ0n) is 9.39. The van der Waals surface area contributed by atoms with Gasteiger partial charge in [-0.1, -0.05) is 23.2 Å². The molecule has 0 radical (unpaired) electrons. The number of halogens is 3. The molecule has 0 bridgehead atoms. The molecule has 0 saturated carbocycles. The Morgan fingerprint density at radius 2 is 2.12 bits per heavy atom. The Morgan fingerprint density at radius 1 is 1.47 bits per heavy atom. The molecule has 3 nitrogen and oxygen atoms in total. The van der Waals surface area contributed by atoms with E-state index >= 15 is 0 Å². The van der Waals surface area contributed by atoms with Crippen molar-refractivity contribution in [2.75, 3.05) is 13.7 Å². The van der Waals surface area contributed by atoms with Gasteiger partial charge in [0.25, 0.3) is 5.91 Å². The van der Waals surface area contributed by atoms with Crippen molar-refractivity contribution in [2.45, 2.75) is 13.0 Å². The van der Waals surface area contributed by atoms with Gasteiger partial charge in [-0.05, 0) is 19.1 Å². The Hall–Kier alpha value is -0.840. The Morgan fingerprint density at radius 3 is 2.71 bits per heavy atom. The lowest BCUT2D eigenvalue weighted by Crippen LogP contribution is -2.35. The van der Waals surface area contributed by atoms with Gasteiger partial charge < -0.3 is 10.1 Å².